The summed E-state index contributed by atoms with van der Waals surface area (Å²) in [5, 5.41) is 20.1. The van der Waals surface area contributed by atoms with Gasteiger partial charge in [0, 0.05) is 31.4 Å². The lowest BCUT2D eigenvalue weighted by molar-refractivity contribution is -0.292. The van der Waals surface area contributed by atoms with Gasteiger partial charge in [0.25, 0.3) is 5.91 Å². The summed E-state index contributed by atoms with van der Waals surface area (Å²) >= 11 is 0. The van der Waals surface area contributed by atoms with Crippen molar-refractivity contribution in [2.75, 3.05) is 18.0 Å². The lowest BCUT2D eigenvalue weighted by Gasteiger charge is -2.28. The summed E-state index contributed by atoms with van der Waals surface area (Å²) < 4.78 is 125. The highest BCUT2D eigenvalue weighted by Gasteiger charge is 2.62. The van der Waals surface area contributed by atoms with Crippen LogP contribution in [0.4, 0.5) is 45.3 Å². The van der Waals surface area contributed by atoms with Crippen molar-refractivity contribution < 1.29 is 54.5 Å². The summed E-state index contributed by atoms with van der Waals surface area (Å²) in [7, 11) is 0. The molecule has 222 valence electrons. The first-order valence-corrected chi connectivity index (χ1v) is 11.7. The fraction of sp³-hybridized carbons (Fsp3) is 0.375. The Kier molecular flexibility index (Phi) is 7.72. The van der Waals surface area contributed by atoms with Crippen LogP contribution in [0, 0.1) is 23.3 Å². The molecule has 1 saturated heterocycles. The molecule has 17 heteroatoms. The van der Waals surface area contributed by atoms with Crippen molar-refractivity contribution >= 4 is 22.8 Å². The number of anilines is 1. The highest BCUT2D eigenvalue weighted by Crippen LogP contribution is 2.39. The smallest absolute Gasteiger partial charge is 0.389 e. The van der Waals surface area contributed by atoms with Gasteiger partial charge in [0.15, 0.2) is 28.9 Å². The zero-order valence-corrected chi connectivity index (χ0v) is 20.6. The van der Waals surface area contributed by atoms with E-state index in [9.17, 15) is 54.9 Å². The Bertz CT molecular complexity index is 1540. The molecule has 3 heterocycles. The van der Waals surface area contributed by atoms with Crippen molar-refractivity contribution in [2.45, 2.75) is 43.7 Å². The number of nitrogens with zero attached hydrogens (tertiary/aromatic N) is 3. The normalized spacial score (nSPS) is 18.7. The number of β-amino-alcohol motifs (C(OH)–C–C–N with tert-alkyl or cyclic N) is 2. The molecule has 3 atom stereocenters. The first kappa shape index (κ1) is 30.1. The van der Waals surface area contributed by atoms with E-state index >= 15 is 4.39 Å². The summed E-state index contributed by atoms with van der Waals surface area (Å²) in [5.74, 6) is -13.8. The first-order valence-electron chi connectivity index (χ1n) is 11.7. The zero-order chi connectivity index (χ0) is 30.6. The average Bonchev–Trinajstić information content (AvgIpc) is 3.19. The number of fused-ring (bicyclic) bond motifs is 1. The van der Waals surface area contributed by atoms with Crippen molar-refractivity contribution in [1.29, 1.82) is 0 Å². The number of aliphatic hydroxyl groups excluding tert-OH is 2. The maximum atomic E-state index is 15.1. The standard InChI is InChI=1S/C24H19F9N4O4/c1-2-17(23(29,30)24(31,32)33)34-22(41)11-6-37(18-12(26)3-9(25)4-13(18)27)20-10(19(11)40)5-14(28)21(35-20)36-7-15(38)16(39)8-36/h3-6,15-17,38-39H,2,7-8H2,1H3,(H,34,41)/t15-,16-,17?/m1/s1. The molecule has 0 radical (unpaired) electrons. The number of amides is 1. The predicted octanol–water partition coefficient (Wildman–Crippen LogP) is 3.19. The Labute approximate surface area is 223 Å². The summed E-state index contributed by atoms with van der Waals surface area (Å²) in [6.45, 7) is 0.179. The molecule has 1 aliphatic heterocycles. The number of hydrogen-bond acceptors (Lipinski definition) is 6. The van der Waals surface area contributed by atoms with Gasteiger partial charge in [-0.15, -0.1) is 0 Å². The third-order valence-corrected chi connectivity index (χ3v) is 6.47. The Balaban J connectivity index is 1.96. The third kappa shape index (κ3) is 5.30. The van der Waals surface area contributed by atoms with E-state index < -0.39 is 99.5 Å². The number of alkyl halides is 5. The Hall–Kier alpha value is -3.86. The molecular formula is C24H19F9N4O4. The second-order valence-corrected chi connectivity index (χ2v) is 9.22. The number of aliphatic hydroxyl groups is 2. The summed E-state index contributed by atoms with van der Waals surface area (Å²) in [6, 6.07) is -2.00. The minimum absolute atomic E-state index is 0.205. The number of rotatable bonds is 6. The number of hydrogen-bond donors (Lipinski definition) is 3. The van der Waals surface area contributed by atoms with E-state index in [4.69, 9.17) is 0 Å². The zero-order valence-electron chi connectivity index (χ0n) is 20.6. The summed E-state index contributed by atoms with van der Waals surface area (Å²) in [6.07, 6.45) is -9.36. The lowest BCUT2D eigenvalue weighted by atomic mass is 10.1. The van der Waals surface area contributed by atoms with E-state index in [0.29, 0.717) is 16.8 Å². The molecule has 0 aliphatic carbocycles. The third-order valence-electron chi connectivity index (χ3n) is 6.47. The average molecular weight is 598 g/mol. The minimum atomic E-state index is -6.09. The summed E-state index contributed by atoms with van der Waals surface area (Å²) in [4.78, 5) is 30.9. The van der Waals surface area contributed by atoms with Gasteiger partial charge in [-0.2, -0.15) is 22.0 Å². The number of carbonyl (C=O) groups is 1. The van der Waals surface area contributed by atoms with E-state index in [1.54, 1.807) is 0 Å². The molecule has 1 unspecified atom stereocenters. The van der Waals surface area contributed by atoms with Crippen LogP contribution in [0.1, 0.15) is 23.7 Å². The van der Waals surface area contributed by atoms with Gasteiger partial charge in [0.2, 0.25) is 5.43 Å². The Morgan fingerprint density at radius 2 is 1.59 bits per heavy atom. The fourth-order valence-corrected chi connectivity index (χ4v) is 4.36. The largest absolute Gasteiger partial charge is 0.455 e. The molecule has 0 saturated carbocycles. The van der Waals surface area contributed by atoms with E-state index in [-0.39, 0.29) is 25.2 Å². The molecule has 0 bridgehead atoms. The number of carbonyl (C=O) groups excluding carboxylic acids is 1. The molecular weight excluding hydrogens is 579 g/mol. The van der Waals surface area contributed by atoms with Crippen LogP contribution in [0.25, 0.3) is 16.7 Å². The number of benzene rings is 1. The summed E-state index contributed by atoms with van der Waals surface area (Å²) in [5.41, 5.74) is -4.58. The van der Waals surface area contributed by atoms with Crippen molar-refractivity contribution in [3.05, 3.63) is 63.5 Å². The highest BCUT2D eigenvalue weighted by molar-refractivity contribution is 5.97. The molecule has 0 spiro atoms. The van der Waals surface area contributed by atoms with Crippen molar-refractivity contribution in [3.63, 3.8) is 0 Å². The quantitative estimate of drug-likeness (QED) is 0.377. The van der Waals surface area contributed by atoms with Crippen LogP contribution in [-0.2, 0) is 0 Å². The van der Waals surface area contributed by atoms with Crippen molar-refractivity contribution in [2.24, 2.45) is 0 Å². The van der Waals surface area contributed by atoms with Gasteiger partial charge in [0.05, 0.1) is 17.6 Å². The second-order valence-electron chi connectivity index (χ2n) is 9.22. The molecule has 4 rings (SSSR count). The van der Waals surface area contributed by atoms with Crippen LogP contribution >= 0.6 is 0 Å². The maximum Gasteiger partial charge on any atom is 0.455 e. The monoisotopic (exact) mass is 598 g/mol. The topological polar surface area (TPSA) is 108 Å². The molecule has 1 aliphatic rings. The molecule has 3 aromatic rings. The number of nitrogens with one attached hydrogen (secondary N) is 1. The number of halogens is 9. The van der Waals surface area contributed by atoms with Gasteiger partial charge in [0.1, 0.15) is 23.1 Å². The van der Waals surface area contributed by atoms with Gasteiger partial charge >= 0.3 is 12.1 Å². The highest BCUT2D eigenvalue weighted by atomic mass is 19.4. The molecule has 1 fully saturated rings. The van der Waals surface area contributed by atoms with E-state index in [1.165, 1.54) is 5.32 Å². The Morgan fingerprint density at radius 1 is 1.02 bits per heavy atom. The number of aromatic nitrogens is 2. The van der Waals surface area contributed by atoms with Gasteiger partial charge in [-0.05, 0) is 12.5 Å². The van der Waals surface area contributed by atoms with E-state index in [2.05, 4.69) is 4.98 Å². The second kappa shape index (κ2) is 10.5. The van der Waals surface area contributed by atoms with Crippen LogP contribution in [0.5, 0.6) is 0 Å². The van der Waals surface area contributed by atoms with Gasteiger partial charge in [-0.1, -0.05) is 6.92 Å². The van der Waals surface area contributed by atoms with Crippen molar-refractivity contribution in [3.8, 4) is 5.69 Å². The minimum Gasteiger partial charge on any atom is -0.389 e. The fourth-order valence-electron chi connectivity index (χ4n) is 4.36. The molecule has 2 aromatic heterocycles. The first-order chi connectivity index (χ1) is 19.0. The number of pyridine rings is 2. The maximum absolute atomic E-state index is 15.1. The molecule has 8 nitrogen and oxygen atoms in total. The molecule has 41 heavy (non-hydrogen) atoms. The van der Waals surface area contributed by atoms with Crippen molar-refractivity contribution in [1.82, 2.24) is 14.9 Å². The van der Waals surface area contributed by atoms with Crippen LogP contribution in [0.15, 0.2) is 29.2 Å². The Morgan fingerprint density at radius 3 is 2.10 bits per heavy atom. The molecule has 1 aromatic carbocycles. The van der Waals surface area contributed by atoms with Crippen LogP contribution in [-0.4, -0.2) is 69.1 Å². The molecule has 1 amide bonds. The van der Waals surface area contributed by atoms with Gasteiger partial charge < -0.3 is 20.4 Å². The van der Waals surface area contributed by atoms with E-state index in [0.717, 1.165) is 11.8 Å². The predicted molar refractivity (Wildman–Crippen MR) is 124 cm³/mol. The van der Waals surface area contributed by atoms with Crippen LogP contribution < -0.4 is 15.6 Å². The SMILES string of the molecule is CCC(NC(=O)c1cn(-c2c(F)cc(F)cc2F)c2nc(N3C[C@@H](O)[C@H](O)C3)c(F)cc2c1=O)C(F)(F)C(F)(F)F. The van der Waals surface area contributed by atoms with Crippen LogP contribution in [0.2, 0.25) is 0 Å². The lowest BCUT2D eigenvalue weighted by Crippen LogP contribution is -2.55. The van der Waals surface area contributed by atoms with Gasteiger partial charge in [-0.3, -0.25) is 14.2 Å². The van der Waals surface area contributed by atoms with Gasteiger partial charge in [-0.25, -0.2) is 22.5 Å². The molecule has 3 N–H and O–H groups in total. The van der Waals surface area contributed by atoms with E-state index in [1.807, 2.05) is 0 Å². The van der Waals surface area contributed by atoms with Crippen LogP contribution in [0.3, 0.4) is 0 Å².